The van der Waals surface area contributed by atoms with E-state index in [4.69, 9.17) is 21.6 Å². The summed E-state index contributed by atoms with van der Waals surface area (Å²) in [6.45, 7) is 5.81. The van der Waals surface area contributed by atoms with Gasteiger partial charge in [-0.05, 0) is 30.7 Å². The minimum absolute atomic E-state index is 0.750. The first-order valence-electron chi connectivity index (χ1n) is 10.2. The smallest absolute Gasteiger partial charge is 0.141 e. The molecule has 0 amide bonds. The summed E-state index contributed by atoms with van der Waals surface area (Å²) in [7, 11) is 0. The molecule has 1 aliphatic heterocycles. The van der Waals surface area contributed by atoms with Crippen LogP contribution in [0.3, 0.4) is 0 Å². The Labute approximate surface area is 185 Å². The van der Waals surface area contributed by atoms with Crippen LogP contribution in [0.4, 0.5) is 11.5 Å². The van der Waals surface area contributed by atoms with Crippen molar-refractivity contribution in [2.45, 2.75) is 13.3 Å². The standard InChI is InChI=1S/C24H23ClN4S/c1-17-15-19-23(26-22(27-24(19)30-17)16-18-7-3-2-4-8-18)29-13-11-28(12-14-29)21-10-6-5-9-20(21)25/h2-10,15H,11-14,16H2,1H3. The van der Waals surface area contributed by atoms with Crippen LogP contribution in [-0.4, -0.2) is 36.1 Å². The number of anilines is 2. The van der Waals surface area contributed by atoms with Crippen molar-refractivity contribution >= 4 is 44.7 Å². The van der Waals surface area contributed by atoms with E-state index in [1.165, 1.54) is 15.8 Å². The van der Waals surface area contributed by atoms with Gasteiger partial charge in [0.1, 0.15) is 16.5 Å². The summed E-state index contributed by atoms with van der Waals surface area (Å²) < 4.78 is 0. The molecule has 1 aliphatic rings. The zero-order valence-electron chi connectivity index (χ0n) is 16.9. The molecule has 0 radical (unpaired) electrons. The van der Waals surface area contributed by atoms with Crippen molar-refractivity contribution in [2.24, 2.45) is 0 Å². The van der Waals surface area contributed by atoms with Crippen LogP contribution in [0.1, 0.15) is 16.3 Å². The minimum Gasteiger partial charge on any atom is -0.367 e. The van der Waals surface area contributed by atoms with E-state index in [0.29, 0.717) is 0 Å². The number of fused-ring (bicyclic) bond motifs is 1. The minimum atomic E-state index is 0.750. The molecule has 1 fully saturated rings. The van der Waals surface area contributed by atoms with Gasteiger partial charge in [0.2, 0.25) is 0 Å². The van der Waals surface area contributed by atoms with E-state index in [-0.39, 0.29) is 0 Å². The highest BCUT2D eigenvalue weighted by molar-refractivity contribution is 7.18. The van der Waals surface area contributed by atoms with Gasteiger partial charge in [-0.1, -0.05) is 54.1 Å². The molecule has 0 spiro atoms. The lowest BCUT2D eigenvalue weighted by atomic mass is 10.1. The largest absolute Gasteiger partial charge is 0.367 e. The second kappa shape index (κ2) is 8.25. The first-order valence-corrected chi connectivity index (χ1v) is 11.4. The number of nitrogens with zero attached hydrogens (tertiary/aromatic N) is 4. The van der Waals surface area contributed by atoms with Gasteiger partial charge in [0.15, 0.2) is 0 Å². The molecular formula is C24H23ClN4S. The fourth-order valence-corrected chi connectivity index (χ4v) is 5.18. The Morgan fingerprint density at radius 3 is 2.37 bits per heavy atom. The molecule has 0 aliphatic carbocycles. The molecule has 0 saturated carbocycles. The topological polar surface area (TPSA) is 32.3 Å². The van der Waals surface area contributed by atoms with Gasteiger partial charge in [0, 0.05) is 37.5 Å². The van der Waals surface area contributed by atoms with Crippen LogP contribution >= 0.6 is 22.9 Å². The van der Waals surface area contributed by atoms with Crippen molar-refractivity contribution in [3.63, 3.8) is 0 Å². The number of hydrogen-bond donors (Lipinski definition) is 0. The predicted molar refractivity (Wildman–Crippen MR) is 127 cm³/mol. The van der Waals surface area contributed by atoms with Crippen LogP contribution in [0.2, 0.25) is 5.02 Å². The highest BCUT2D eigenvalue weighted by Gasteiger charge is 2.23. The number of para-hydroxylation sites is 1. The Hall–Kier alpha value is -2.63. The van der Waals surface area contributed by atoms with Crippen LogP contribution in [-0.2, 0) is 6.42 Å². The molecule has 0 atom stereocenters. The Morgan fingerprint density at radius 2 is 1.60 bits per heavy atom. The SMILES string of the molecule is Cc1cc2c(N3CCN(c4ccccc4Cl)CC3)nc(Cc3ccccc3)nc2s1. The maximum Gasteiger partial charge on any atom is 0.141 e. The van der Waals surface area contributed by atoms with Crippen LogP contribution < -0.4 is 9.80 Å². The quantitative estimate of drug-likeness (QED) is 0.420. The van der Waals surface area contributed by atoms with Crippen LogP contribution in [0, 0.1) is 6.92 Å². The fourth-order valence-electron chi connectivity index (χ4n) is 4.04. The number of thiophene rings is 1. The van der Waals surface area contributed by atoms with Gasteiger partial charge < -0.3 is 9.80 Å². The third-order valence-corrected chi connectivity index (χ3v) is 6.78. The van der Waals surface area contributed by atoms with Crippen LogP contribution in [0.25, 0.3) is 10.2 Å². The Balaban J connectivity index is 1.43. The number of aryl methyl sites for hydroxylation is 1. The van der Waals surface area contributed by atoms with Crippen LogP contribution in [0.15, 0.2) is 60.7 Å². The predicted octanol–water partition coefficient (Wildman–Crippen LogP) is 5.57. The summed E-state index contributed by atoms with van der Waals surface area (Å²) in [6, 6.07) is 20.8. The third kappa shape index (κ3) is 3.87. The van der Waals surface area contributed by atoms with Crippen molar-refractivity contribution in [3.8, 4) is 0 Å². The zero-order chi connectivity index (χ0) is 20.5. The third-order valence-electron chi connectivity index (χ3n) is 5.52. The molecular weight excluding hydrogens is 412 g/mol. The van der Waals surface area contributed by atoms with Crippen molar-refractivity contribution in [1.82, 2.24) is 9.97 Å². The van der Waals surface area contributed by atoms with Gasteiger partial charge in [-0.3, -0.25) is 0 Å². The molecule has 4 aromatic rings. The molecule has 152 valence electrons. The second-order valence-corrected chi connectivity index (χ2v) is 9.27. The molecule has 1 saturated heterocycles. The summed E-state index contributed by atoms with van der Waals surface area (Å²) >= 11 is 8.16. The van der Waals surface area contributed by atoms with Gasteiger partial charge in [-0.25, -0.2) is 9.97 Å². The van der Waals surface area contributed by atoms with E-state index < -0.39 is 0 Å². The number of aromatic nitrogens is 2. The van der Waals surface area contributed by atoms with E-state index in [1.54, 1.807) is 11.3 Å². The van der Waals surface area contributed by atoms with Crippen LogP contribution in [0.5, 0.6) is 0 Å². The number of piperazine rings is 1. The van der Waals surface area contributed by atoms with Crippen molar-refractivity contribution in [1.29, 1.82) is 0 Å². The lowest BCUT2D eigenvalue weighted by molar-refractivity contribution is 0.647. The molecule has 2 aromatic heterocycles. The van der Waals surface area contributed by atoms with Gasteiger partial charge in [0.25, 0.3) is 0 Å². The lowest BCUT2D eigenvalue weighted by Gasteiger charge is -2.37. The second-order valence-electron chi connectivity index (χ2n) is 7.63. The number of rotatable bonds is 4. The molecule has 0 unspecified atom stereocenters. The van der Waals surface area contributed by atoms with Gasteiger partial charge >= 0.3 is 0 Å². The number of hydrogen-bond acceptors (Lipinski definition) is 5. The molecule has 3 heterocycles. The number of benzene rings is 2. The molecule has 0 N–H and O–H groups in total. The molecule has 2 aromatic carbocycles. The van der Waals surface area contributed by atoms with E-state index >= 15 is 0 Å². The van der Waals surface area contributed by atoms with Gasteiger partial charge in [0.05, 0.1) is 16.1 Å². The van der Waals surface area contributed by atoms with Crippen molar-refractivity contribution in [3.05, 3.63) is 82.0 Å². The highest BCUT2D eigenvalue weighted by atomic mass is 35.5. The molecule has 5 rings (SSSR count). The lowest BCUT2D eigenvalue weighted by Crippen LogP contribution is -2.47. The highest BCUT2D eigenvalue weighted by Crippen LogP contribution is 2.33. The zero-order valence-corrected chi connectivity index (χ0v) is 18.5. The van der Waals surface area contributed by atoms with Gasteiger partial charge in [-0.2, -0.15) is 0 Å². The van der Waals surface area contributed by atoms with E-state index in [2.05, 4.69) is 53.1 Å². The molecule has 30 heavy (non-hydrogen) atoms. The summed E-state index contributed by atoms with van der Waals surface area (Å²) in [6.07, 6.45) is 0.750. The number of halogens is 1. The Bertz CT molecular complexity index is 1170. The Kier molecular flexibility index (Phi) is 5.32. The summed E-state index contributed by atoms with van der Waals surface area (Å²) in [5.74, 6) is 1.95. The summed E-state index contributed by atoms with van der Waals surface area (Å²) in [4.78, 5) is 17.0. The first kappa shape index (κ1) is 19.3. The van der Waals surface area contributed by atoms with Crippen molar-refractivity contribution < 1.29 is 0 Å². The molecule has 6 heteroatoms. The molecule has 4 nitrogen and oxygen atoms in total. The van der Waals surface area contributed by atoms with E-state index in [1.807, 2.05) is 24.3 Å². The average Bonchev–Trinajstić information content (AvgIpc) is 3.14. The molecule has 0 bridgehead atoms. The average molecular weight is 435 g/mol. The normalized spacial score (nSPS) is 14.5. The van der Waals surface area contributed by atoms with E-state index in [0.717, 1.165) is 59.8 Å². The maximum atomic E-state index is 6.42. The van der Waals surface area contributed by atoms with E-state index in [9.17, 15) is 0 Å². The maximum absolute atomic E-state index is 6.42. The first-order chi connectivity index (χ1) is 14.7. The Morgan fingerprint density at radius 1 is 0.900 bits per heavy atom. The van der Waals surface area contributed by atoms with Gasteiger partial charge in [-0.15, -0.1) is 11.3 Å². The van der Waals surface area contributed by atoms with Crippen molar-refractivity contribution in [2.75, 3.05) is 36.0 Å². The monoisotopic (exact) mass is 434 g/mol. The summed E-state index contributed by atoms with van der Waals surface area (Å²) in [5.41, 5.74) is 2.35. The summed E-state index contributed by atoms with van der Waals surface area (Å²) in [5, 5.41) is 1.98. The fraction of sp³-hybridized carbons (Fsp3) is 0.250.